The zero-order chi connectivity index (χ0) is 15.4. The fraction of sp³-hybridized carbons (Fsp3) is 0.250. The Bertz CT molecular complexity index is 771. The normalized spacial score (nSPS) is 11.0. The van der Waals surface area contributed by atoms with E-state index in [4.69, 9.17) is 0 Å². The first-order valence-corrected chi connectivity index (χ1v) is 7.99. The summed E-state index contributed by atoms with van der Waals surface area (Å²) >= 11 is 0. The minimum absolute atomic E-state index is 0.0949. The Morgan fingerprint density at radius 3 is 2.55 bits per heavy atom. The summed E-state index contributed by atoms with van der Waals surface area (Å²) < 4.78 is 2.26. The van der Waals surface area contributed by atoms with Gasteiger partial charge >= 0.3 is 0 Å². The van der Waals surface area contributed by atoms with Gasteiger partial charge in [-0.15, -0.1) is 0 Å². The Balaban J connectivity index is 1.96. The Hall–Kier alpha value is -2.35. The molecule has 0 N–H and O–H groups in total. The van der Waals surface area contributed by atoms with Crippen LogP contribution < -0.4 is 0 Å². The molecule has 0 unspecified atom stereocenters. The van der Waals surface area contributed by atoms with Gasteiger partial charge in [-0.1, -0.05) is 62.2 Å². The van der Waals surface area contributed by atoms with Gasteiger partial charge in [0, 0.05) is 34.8 Å². The van der Waals surface area contributed by atoms with Gasteiger partial charge in [0.05, 0.1) is 0 Å². The molecule has 2 nitrogen and oxygen atoms in total. The van der Waals surface area contributed by atoms with Crippen LogP contribution in [-0.2, 0) is 6.54 Å². The van der Waals surface area contributed by atoms with E-state index in [1.807, 2.05) is 42.5 Å². The average Bonchev–Trinajstić information content (AvgIpc) is 2.98. The van der Waals surface area contributed by atoms with Crippen LogP contribution in [0.4, 0.5) is 0 Å². The Morgan fingerprint density at radius 2 is 1.77 bits per heavy atom. The van der Waals surface area contributed by atoms with Crippen molar-refractivity contribution in [2.75, 3.05) is 0 Å². The van der Waals surface area contributed by atoms with Crippen molar-refractivity contribution in [3.8, 4) is 0 Å². The van der Waals surface area contributed by atoms with Crippen LogP contribution in [0, 0.1) is 0 Å². The molecule has 0 amide bonds. The minimum atomic E-state index is 0.0949. The fourth-order valence-corrected chi connectivity index (χ4v) is 2.89. The maximum Gasteiger partial charge on any atom is 0.193 e. The molecule has 0 atom stereocenters. The van der Waals surface area contributed by atoms with E-state index in [-0.39, 0.29) is 5.78 Å². The summed E-state index contributed by atoms with van der Waals surface area (Å²) in [6.07, 6.45) is 5.73. The summed E-state index contributed by atoms with van der Waals surface area (Å²) in [4.78, 5) is 12.7. The molecule has 0 fully saturated rings. The van der Waals surface area contributed by atoms with Gasteiger partial charge < -0.3 is 4.57 Å². The number of rotatable bonds is 6. The van der Waals surface area contributed by atoms with Gasteiger partial charge in [0.1, 0.15) is 0 Å². The second kappa shape index (κ2) is 6.61. The summed E-state index contributed by atoms with van der Waals surface area (Å²) in [6.45, 7) is 3.23. The van der Waals surface area contributed by atoms with Gasteiger partial charge in [0.15, 0.2) is 5.78 Å². The number of unbranched alkanes of at least 4 members (excludes halogenated alkanes) is 2. The quantitative estimate of drug-likeness (QED) is 0.459. The van der Waals surface area contributed by atoms with Gasteiger partial charge in [0.2, 0.25) is 0 Å². The lowest BCUT2D eigenvalue weighted by molar-refractivity contribution is 0.104. The van der Waals surface area contributed by atoms with Crippen molar-refractivity contribution in [1.29, 1.82) is 0 Å². The van der Waals surface area contributed by atoms with Crippen molar-refractivity contribution in [1.82, 2.24) is 4.57 Å². The smallest absolute Gasteiger partial charge is 0.193 e. The molecule has 1 heterocycles. The molecule has 0 aliphatic heterocycles. The summed E-state index contributed by atoms with van der Waals surface area (Å²) in [5.74, 6) is 0.0949. The number of benzene rings is 2. The summed E-state index contributed by atoms with van der Waals surface area (Å²) in [7, 11) is 0. The fourth-order valence-electron chi connectivity index (χ4n) is 2.89. The predicted octanol–water partition coefficient (Wildman–Crippen LogP) is 5.06. The van der Waals surface area contributed by atoms with Crippen LogP contribution in [0.5, 0.6) is 0 Å². The Labute approximate surface area is 131 Å². The predicted molar refractivity (Wildman–Crippen MR) is 91.3 cm³/mol. The lowest BCUT2D eigenvalue weighted by Gasteiger charge is -2.07. The maximum absolute atomic E-state index is 12.7. The monoisotopic (exact) mass is 291 g/mol. The third-order valence-electron chi connectivity index (χ3n) is 4.10. The molecule has 22 heavy (non-hydrogen) atoms. The number of hydrogen-bond donors (Lipinski definition) is 0. The largest absolute Gasteiger partial charge is 0.347 e. The number of fused-ring (bicyclic) bond motifs is 1. The third-order valence-corrected chi connectivity index (χ3v) is 4.10. The van der Waals surface area contributed by atoms with Crippen molar-refractivity contribution in [3.63, 3.8) is 0 Å². The van der Waals surface area contributed by atoms with Gasteiger partial charge in [-0.05, 0) is 18.6 Å². The highest BCUT2D eigenvalue weighted by atomic mass is 16.1. The van der Waals surface area contributed by atoms with Crippen LogP contribution in [0.15, 0.2) is 60.8 Å². The molecule has 3 aromatic rings. The Kier molecular flexibility index (Phi) is 4.38. The second-order valence-electron chi connectivity index (χ2n) is 5.65. The van der Waals surface area contributed by atoms with Gasteiger partial charge in [-0.2, -0.15) is 0 Å². The number of aryl methyl sites for hydroxylation is 1. The summed E-state index contributed by atoms with van der Waals surface area (Å²) in [5, 5.41) is 1.05. The van der Waals surface area contributed by atoms with Crippen molar-refractivity contribution < 1.29 is 4.79 Å². The molecule has 0 aliphatic rings. The molecule has 0 radical (unpaired) electrons. The molecular weight excluding hydrogens is 270 g/mol. The van der Waals surface area contributed by atoms with Crippen LogP contribution >= 0.6 is 0 Å². The maximum atomic E-state index is 12.7. The van der Waals surface area contributed by atoms with Crippen molar-refractivity contribution in [2.45, 2.75) is 32.7 Å². The number of nitrogens with zero attached hydrogens (tertiary/aromatic N) is 1. The van der Waals surface area contributed by atoms with Gasteiger partial charge in [-0.3, -0.25) is 4.79 Å². The molecule has 3 rings (SSSR count). The molecule has 0 saturated heterocycles. The van der Waals surface area contributed by atoms with Crippen molar-refractivity contribution in [3.05, 3.63) is 71.9 Å². The van der Waals surface area contributed by atoms with Gasteiger partial charge in [0.25, 0.3) is 0 Å². The van der Waals surface area contributed by atoms with Crippen LogP contribution in [-0.4, -0.2) is 10.4 Å². The lowest BCUT2D eigenvalue weighted by Crippen LogP contribution is -2.02. The van der Waals surface area contributed by atoms with Crippen molar-refractivity contribution in [2.24, 2.45) is 0 Å². The highest BCUT2D eigenvalue weighted by Crippen LogP contribution is 2.23. The average molecular weight is 291 g/mol. The molecule has 0 bridgehead atoms. The SMILES string of the molecule is CCCCCn1ccc2c(C(=O)c3ccccc3)cccc21. The zero-order valence-corrected chi connectivity index (χ0v) is 13.0. The Morgan fingerprint density at radius 1 is 0.955 bits per heavy atom. The van der Waals surface area contributed by atoms with Crippen LogP contribution in [0.3, 0.4) is 0 Å². The van der Waals surface area contributed by atoms with E-state index >= 15 is 0 Å². The number of aromatic nitrogens is 1. The minimum Gasteiger partial charge on any atom is -0.347 e. The number of carbonyl (C=O) groups excluding carboxylic acids is 1. The topological polar surface area (TPSA) is 22.0 Å². The third kappa shape index (κ3) is 2.82. The molecule has 2 heteroatoms. The highest BCUT2D eigenvalue weighted by molar-refractivity contribution is 6.16. The van der Waals surface area contributed by atoms with Crippen LogP contribution in [0.1, 0.15) is 42.1 Å². The molecule has 112 valence electrons. The second-order valence-corrected chi connectivity index (χ2v) is 5.65. The van der Waals surface area contributed by atoms with E-state index in [1.165, 1.54) is 19.3 Å². The number of ketones is 1. The standard InChI is InChI=1S/C20H21NO/c1-2-3-7-14-21-15-13-17-18(11-8-12-19(17)21)20(22)16-9-5-4-6-10-16/h4-6,8-13,15H,2-3,7,14H2,1H3. The van der Waals surface area contributed by atoms with Crippen LogP contribution in [0.25, 0.3) is 10.9 Å². The van der Waals surface area contributed by atoms with E-state index in [1.54, 1.807) is 0 Å². The first-order valence-electron chi connectivity index (χ1n) is 7.99. The highest BCUT2D eigenvalue weighted by Gasteiger charge is 2.13. The summed E-state index contributed by atoms with van der Waals surface area (Å²) in [6, 6.07) is 17.6. The molecule has 1 aromatic heterocycles. The molecule has 0 spiro atoms. The van der Waals surface area contributed by atoms with Gasteiger partial charge in [-0.25, -0.2) is 0 Å². The van der Waals surface area contributed by atoms with Crippen molar-refractivity contribution >= 4 is 16.7 Å². The van der Waals surface area contributed by atoms with E-state index in [0.717, 1.165) is 28.6 Å². The number of hydrogen-bond acceptors (Lipinski definition) is 1. The zero-order valence-electron chi connectivity index (χ0n) is 13.0. The van der Waals surface area contributed by atoms with E-state index in [9.17, 15) is 4.79 Å². The number of carbonyl (C=O) groups is 1. The van der Waals surface area contributed by atoms with Crippen LogP contribution in [0.2, 0.25) is 0 Å². The van der Waals surface area contributed by atoms with E-state index in [2.05, 4.69) is 29.8 Å². The summed E-state index contributed by atoms with van der Waals surface area (Å²) in [5.41, 5.74) is 2.68. The van der Waals surface area contributed by atoms with E-state index in [0.29, 0.717) is 0 Å². The molecule has 2 aromatic carbocycles. The molecule has 0 saturated carbocycles. The molecule has 0 aliphatic carbocycles. The first-order chi connectivity index (χ1) is 10.8. The lowest BCUT2D eigenvalue weighted by atomic mass is 10.0. The first kappa shape index (κ1) is 14.6. The van der Waals surface area contributed by atoms with E-state index < -0.39 is 0 Å². The molecular formula is C20H21NO.